The maximum Gasteiger partial charge on any atom is 0.333 e. The average molecular weight is 497 g/mol. The van der Waals surface area contributed by atoms with Gasteiger partial charge in [0, 0.05) is 23.5 Å². The molecule has 0 atom stereocenters. The lowest BCUT2D eigenvalue weighted by Crippen LogP contribution is -2.27. The molecule has 1 aliphatic heterocycles. The van der Waals surface area contributed by atoms with E-state index in [-0.39, 0.29) is 5.91 Å². The van der Waals surface area contributed by atoms with Crippen molar-refractivity contribution in [3.8, 4) is 22.8 Å². The quantitative estimate of drug-likeness (QED) is 0.250. The molecule has 1 saturated heterocycles. The van der Waals surface area contributed by atoms with E-state index in [0.717, 1.165) is 17.0 Å². The minimum Gasteiger partial charge on any atom is -0.497 e. The zero-order valence-electron chi connectivity index (χ0n) is 18.8. The third-order valence-electron chi connectivity index (χ3n) is 4.96. The third kappa shape index (κ3) is 5.45. The van der Waals surface area contributed by atoms with Gasteiger partial charge in [-0.05, 0) is 31.2 Å². The van der Waals surface area contributed by atoms with Gasteiger partial charge in [0.1, 0.15) is 5.75 Å². The maximum atomic E-state index is 12.4. The predicted octanol–water partition coefficient (Wildman–Crippen LogP) is 4.01. The van der Waals surface area contributed by atoms with E-state index in [1.165, 1.54) is 29.6 Å². The van der Waals surface area contributed by atoms with E-state index in [0.29, 0.717) is 40.7 Å². The number of hydrogen-bond acceptors (Lipinski definition) is 8. The summed E-state index contributed by atoms with van der Waals surface area (Å²) in [7, 11) is 1.63. The summed E-state index contributed by atoms with van der Waals surface area (Å²) in [5, 5.41) is 10.2. The predicted molar refractivity (Wildman–Crippen MR) is 133 cm³/mol. The summed E-state index contributed by atoms with van der Waals surface area (Å²) < 4.78 is 12.4. The van der Waals surface area contributed by atoms with Crippen molar-refractivity contribution in [2.45, 2.75) is 12.1 Å². The zero-order chi connectivity index (χ0) is 23.9. The Morgan fingerprint density at radius 2 is 2.00 bits per heavy atom. The second-order valence-electron chi connectivity index (χ2n) is 7.13. The van der Waals surface area contributed by atoms with E-state index < -0.39 is 5.97 Å². The highest BCUT2D eigenvalue weighted by molar-refractivity contribution is 8.04. The molecule has 8 nitrogen and oxygen atoms in total. The number of para-hydroxylation sites is 1. The van der Waals surface area contributed by atoms with Crippen molar-refractivity contribution in [3.05, 3.63) is 65.7 Å². The summed E-state index contributed by atoms with van der Waals surface area (Å²) in [6.07, 6.45) is 1.39. The van der Waals surface area contributed by atoms with Gasteiger partial charge in [0.2, 0.25) is 5.91 Å². The number of hydrogen-bond donors (Lipinski definition) is 0. The van der Waals surface area contributed by atoms with Crippen LogP contribution in [0.5, 0.6) is 5.75 Å². The van der Waals surface area contributed by atoms with Crippen molar-refractivity contribution in [1.82, 2.24) is 19.7 Å². The largest absolute Gasteiger partial charge is 0.497 e. The molecule has 2 heterocycles. The molecule has 1 amide bonds. The molecule has 0 spiro atoms. The summed E-state index contributed by atoms with van der Waals surface area (Å²) in [5.41, 5.74) is 1.82. The molecule has 1 aliphatic rings. The smallest absolute Gasteiger partial charge is 0.333 e. The van der Waals surface area contributed by atoms with E-state index in [1.54, 1.807) is 18.9 Å². The molecular weight excluding hydrogens is 472 g/mol. The summed E-state index contributed by atoms with van der Waals surface area (Å²) >= 11 is 2.85. The van der Waals surface area contributed by atoms with Crippen molar-refractivity contribution < 1.29 is 19.1 Å². The molecule has 0 aliphatic carbocycles. The van der Waals surface area contributed by atoms with Gasteiger partial charge in [-0.2, -0.15) is 0 Å². The lowest BCUT2D eigenvalue weighted by molar-refractivity contribution is -0.137. The van der Waals surface area contributed by atoms with Crippen LogP contribution in [-0.2, 0) is 14.3 Å². The number of aromatic nitrogens is 3. The Morgan fingerprint density at radius 3 is 2.76 bits per heavy atom. The van der Waals surface area contributed by atoms with Gasteiger partial charge in [-0.25, -0.2) is 4.79 Å². The summed E-state index contributed by atoms with van der Waals surface area (Å²) in [6, 6.07) is 17.6. The number of ether oxygens (including phenoxy) is 2. The summed E-state index contributed by atoms with van der Waals surface area (Å²) in [4.78, 5) is 25.8. The first-order valence-electron chi connectivity index (χ1n) is 10.7. The van der Waals surface area contributed by atoms with Crippen LogP contribution < -0.4 is 4.74 Å². The number of amides is 1. The molecule has 4 rings (SSSR count). The fraction of sp³-hybridized carbons (Fsp3) is 0.250. The van der Waals surface area contributed by atoms with Crippen LogP contribution in [0.2, 0.25) is 0 Å². The first-order valence-corrected chi connectivity index (χ1v) is 12.7. The first-order chi connectivity index (χ1) is 16.6. The minimum absolute atomic E-state index is 0.0252. The molecule has 3 aromatic rings. The van der Waals surface area contributed by atoms with Gasteiger partial charge in [0.05, 0.1) is 30.6 Å². The highest BCUT2D eigenvalue weighted by atomic mass is 32.2. The van der Waals surface area contributed by atoms with Crippen molar-refractivity contribution in [3.63, 3.8) is 0 Å². The molecule has 0 unspecified atom stereocenters. The van der Waals surface area contributed by atoms with Crippen molar-refractivity contribution in [2.75, 3.05) is 31.8 Å². The molecule has 1 aromatic heterocycles. The van der Waals surface area contributed by atoms with Crippen LogP contribution in [0.4, 0.5) is 0 Å². The van der Waals surface area contributed by atoms with Crippen LogP contribution in [0.15, 0.2) is 70.9 Å². The van der Waals surface area contributed by atoms with E-state index in [9.17, 15) is 9.59 Å². The Balaban J connectivity index is 1.56. The molecule has 176 valence electrons. The number of nitrogens with zero attached hydrogens (tertiary/aromatic N) is 4. The van der Waals surface area contributed by atoms with Crippen LogP contribution in [0.1, 0.15) is 6.92 Å². The van der Waals surface area contributed by atoms with Gasteiger partial charge in [0.15, 0.2) is 11.0 Å². The van der Waals surface area contributed by atoms with Gasteiger partial charge in [0.25, 0.3) is 0 Å². The number of thioether (sulfide) groups is 2. The van der Waals surface area contributed by atoms with Crippen LogP contribution in [0, 0.1) is 0 Å². The lowest BCUT2D eigenvalue weighted by atomic mass is 10.2. The average Bonchev–Trinajstić information content (AvgIpc) is 3.43. The van der Waals surface area contributed by atoms with Gasteiger partial charge in [-0.1, -0.05) is 53.9 Å². The Bertz CT molecular complexity index is 1200. The Hall–Kier alpha value is -3.24. The fourth-order valence-electron chi connectivity index (χ4n) is 3.40. The standard InChI is InChI=1S/C24H24N4O4S2/c1-3-32-22(30)15-21-27(20(29)16-34-21)12-13-33-24-26-25-23(17-8-7-11-19(14-17)31-2)28(24)18-9-5-4-6-10-18/h4-11,14-15H,3,12-13,16H2,1-2H3/b21-15-. The number of carbonyl (C=O) groups excluding carboxylic acids is 2. The van der Waals surface area contributed by atoms with Crippen molar-refractivity contribution >= 4 is 35.4 Å². The van der Waals surface area contributed by atoms with Gasteiger partial charge < -0.3 is 14.4 Å². The molecule has 0 bridgehead atoms. The van der Waals surface area contributed by atoms with E-state index >= 15 is 0 Å². The monoisotopic (exact) mass is 496 g/mol. The fourth-order valence-corrected chi connectivity index (χ4v) is 5.24. The van der Waals surface area contributed by atoms with E-state index in [2.05, 4.69) is 10.2 Å². The van der Waals surface area contributed by atoms with Crippen LogP contribution >= 0.6 is 23.5 Å². The Kier molecular flexibility index (Phi) is 7.91. The van der Waals surface area contributed by atoms with Crippen molar-refractivity contribution in [2.24, 2.45) is 0 Å². The summed E-state index contributed by atoms with van der Waals surface area (Å²) in [5.74, 6) is 1.86. The second-order valence-corrected chi connectivity index (χ2v) is 9.18. The molecular formula is C24H24N4O4S2. The minimum atomic E-state index is -0.441. The molecule has 1 fully saturated rings. The topological polar surface area (TPSA) is 86.6 Å². The number of rotatable bonds is 9. The summed E-state index contributed by atoms with van der Waals surface area (Å²) in [6.45, 7) is 2.49. The maximum absolute atomic E-state index is 12.4. The third-order valence-corrected chi connectivity index (χ3v) is 6.89. The van der Waals surface area contributed by atoms with Crippen LogP contribution in [0.25, 0.3) is 17.1 Å². The van der Waals surface area contributed by atoms with Crippen LogP contribution in [0.3, 0.4) is 0 Å². The van der Waals surface area contributed by atoms with Crippen molar-refractivity contribution in [1.29, 1.82) is 0 Å². The van der Waals surface area contributed by atoms with Gasteiger partial charge in [-0.15, -0.1) is 10.2 Å². The molecule has 2 aromatic carbocycles. The first kappa shape index (κ1) is 23.9. The van der Waals surface area contributed by atoms with E-state index in [4.69, 9.17) is 9.47 Å². The number of esters is 1. The number of methoxy groups -OCH3 is 1. The highest BCUT2D eigenvalue weighted by Gasteiger charge is 2.27. The normalized spacial score (nSPS) is 14.6. The van der Waals surface area contributed by atoms with Gasteiger partial charge >= 0.3 is 5.97 Å². The second kappa shape index (κ2) is 11.3. The zero-order valence-corrected chi connectivity index (χ0v) is 20.5. The SMILES string of the molecule is CCOC(=O)/C=C1\SCC(=O)N1CCSc1nnc(-c2cccc(OC)c2)n1-c1ccccc1. The van der Waals surface area contributed by atoms with Crippen LogP contribution in [-0.4, -0.2) is 63.3 Å². The highest BCUT2D eigenvalue weighted by Crippen LogP contribution is 2.32. The lowest BCUT2D eigenvalue weighted by Gasteiger charge is -2.17. The Morgan fingerprint density at radius 1 is 1.18 bits per heavy atom. The number of carbonyl (C=O) groups is 2. The van der Waals surface area contributed by atoms with Gasteiger partial charge in [-0.3, -0.25) is 9.36 Å². The number of benzene rings is 2. The molecule has 0 saturated carbocycles. The Labute approximate surface area is 206 Å². The molecule has 0 radical (unpaired) electrons. The molecule has 34 heavy (non-hydrogen) atoms. The molecule has 0 N–H and O–H groups in total. The molecule has 10 heteroatoms. The van der Waals surface area contributed by atoms with E-state index in [1.807, 2.05) is 59.2 Å².